The molecule has 0 aromatic heterocycles. The Morgan fingerprint density at radius 3 is 2.52 bits per heavy atom. The Balaban J connectivity index is 1.85. The zero-order valence-electron chi connectivity index (χ0n) is 16.4. The Kier molecular flexibility index (Phi) is 5.28. The molecule has 0 bridgehead atoms. The molecule has 0 unspecified atom stereocenters. The van der Waals surface area contributed by atoms with Gasteiger partial charge in [-0.3, -0.25) is 9.59 Å². The number of anilines is 1. The number of nitrogens with zero attached hydrogens (tertiary/aromatic N) is 1. The van der Waals surface area contributed by atoms with E-state index in [4.69, 9.17) is 16.3 Å². The van der Waals surface area contributed by atoms with Crippen LogP contribution in [0.2, 0.25) is 5.02 Å². The van der Waals surface area contributed by atoms with Gasteiger partial charge in [0.15, 0.2) is 11.6 Å². The van der Waals surface area contributed by atoms with Crippen LogP contribution in [0, 0.1) is 0 Å². The van der Waals surface area contributed by atoms with Crippen LogP contribution < -0.4 is 9.64 Å². The molecule has 0 atom stereocenters. The van der Waals surface area contributed by atoms with E-state index in [1.54, 1.807) is 20.1 Å². The molecule has 0 spiro atoms. The van der Waals surface area contributed by atoms with Gasteiger partial charge in [-0.15, -0.1) is 0 Å². The molecule has 1 heterocycles. The summed E-state index contributed by atoms with van der Waals surface area (Å²) < 4.78 is 5.31. The maximum Gasteiger partial charge on any atom is 0.192 e. The van der Waals surface area contributed by atoms with Crippen molar-refractivity contribution in [1.82, 2.24) is 0 Å². The van der Waals surface area contributed by atoms with Gasteiger partial charge in [0, 0.05) is 27.5 Å². The molecule has 0 fully saturated rings. The fourth-order valence-corrected chi connectivity index (χ4v) is 5.10. The molecule has 0 N–H and O–H groups in total. The van der Waals surface area contributed by atoms with Crippen molar-refractivity contribution in [2.24, 2.45) is 0 Å². The summed E-state index contributed by atoms with van der Waals surface area (Å²) >= 11 is 7.44. The molecule has 0 saturated carbocycles. The number of carbonyl (C=O) groups is 2. The predicted octanol–water partition coefficient (Wildman–Crippen LogP) is 5.76. The van der Waals surface area contributed by atoms with E-state index in [9.17, 15) is 9.59 Å². The van der Waals surface area contributed by atoms with Crippen LogP contribution >= 0.6 is 23.4 Å². The van der Waals surface area contributed by atoms with Crippen LogP contribution in [-0.2, 0) is 11.2 Å². The van der Waals surface area contributed by atoms with E-state index in [2.05, 4.69) is 0 Å². The first-order chi connectivity index (χ1) is 13.9. The number of fused-ring (bicyclic) bond motifs is 1. The Labute approximate surface area is 179 Å². The van der Waals surface area contributed by atoms with Gasteiger partial charge in [0.2, 0.25) is 0 Å². The Bertz CT molecular complexity index is 1090. The van der Waals surface area contributed by atoms with E-state index >= 15 is 0 Å². The molecule has 0 radical (unpaired) electrons. The monoisotopic (exact) mass is 425 g/mol. The summed E-state index contributed by atoms with van der Waals surface area (Å²) in [4.78, 5) is 28.3. The van der Waals surface area contributed by atoms with E-state index in [0.29, 0.717) is 27.7 Å². The van der Waals surface area contributed by atoms with Gasteiger partial charge in [0.05, 0.1) is 17.0 Å². The van der Waals surface area contributed by atoms with E-state index in [0.717, 1.165) is 34.0 Å². The van der Waals surface area contributed by atoms with Crippen molar-refractivity contribution in [3.8, 4) is 5.75 Å². The lowest BCUT2D eigenvalue weighted by molar-refractivity contribution is -0.113. The average molecular weight is 426 g/mol. The predicted molar refractivity (Wildman–Crippen MR) is 118 cm³/mol. The fraction of sp³-hybridized carbons (Fsp3) is 0.217. The third kappa shape index (κ3) is 3.49. The number of ether oxygens (including phenoxy) is 1. The van der Waals surface area contributed by atoms with Crippen molar-refractivity contribution in [2.75, 3.05) is 12.0 Å². The number of benzene rings is 2. The van der Waals surface area contributed by atoms with E-state index in [1.165, 1.54) is 11.8 Å². The highest BCUT2D eigenvalue weighted by Gasteiger charge is 2.35. The topological polar surface area (TPSA) is 46.6 Å². The minimum Gasteiger partial charge on any atom is -0.497 e. The van der Waals surface area contributed by atoms with E-state index in [1.807, 2.05) is 48.2 Å². The molecule has 0 saturated heterocycles. The highest BCUT2D eigenvalue weighted by Crippen LogP contribution is 2.47. The molecule has 2 aliphatic rings. The van der Waals surface area contributed by atoms with Gasteiger partial charge in [0.25, 0.3) is 0 Å². The van der Waals surface area contributed by atoms with Gasteiger partial charge in [-0.05, 0) is 68.7 Å². The van der Waals surface area contributed by atoms with Gasteiger partial charge < -0.3 is 9.64 Å². The van der Waals surface area contributed by atoms with Gasteiger partial charge in [-0.25, -0.2) is 0 Å². The molecule has 1 aliphatic carbocycles. The maximum absolute atomic E-state index is 13.4. The number of allylic oxidation sites excluding steroid dienone is 3. The van der Waals surface area contributed by atoms with Gasteiger partial charge in [0.1, 0.15) is 5.75 Å². The summed E-state index contributed by atoms with van der Waals surface area (Å²) in [7, 11) is 1.59. The minimum atomic E-state index is -0.00999. The van der Waals surface area contributed by atoms with Crippen molar-refractivity contribution < 1.29 is 14.3 Å². The van der Waals surface area contributed by atoms with Crippen molar-refractivity contribution >= 4 is 40.6 Å². The largest absolute Gasteiger partial charge is 0.497 e. The van der Waals surface area contributed by atoms with E-state index in [-0.39, 0.29) is 11.6 Å². The molecule has 0 amide bonds. The number of carbonyl (C=O) groups excluding carboxylic acids is 2. The Hall–Kier alpha value is -2.50. The maximum atomic E-state index is 13.4. The summed E-state index contributed by atoms with van der Waals surface area (Å²) in [5.74, 6) is 0.646. The number of hydrogen-bond donors (Lipinski definition) is 0. The van der Waals surface area contributed by atoms with Crippen LogP contribution in [-0.4, -0.2) is 18.7 Å². The molecule has 2 aromatic carbocycles. The van der Waals surface area contributed by atoms with Crippen LogP contribution in [0.5, 0.6) is 5.75 Å². The Morgan fingerprint density at radius 2 is 1.86 bits per heavy atom. The quantitative estimate of drug-likeness (QED) is 0.585. The molecule has 1 aliphatic heterocycles. The summed E-state index contributed by atoms with van der Waals surface area (Å²) in [5.41, 5.74) is 4.13. The van der Waals surface area contributed by atoms with Crippen LogP contribution in [0.15, 0.2) is 63.7 Å². The molecule has 4 rings (SSSR count). The third-order valence-electron chi connectivity index (χ3n) is 5.21. The van der Waals surface area contributed by atoms with Crippen LogP contribution in [0.1, 0.15) is 36.2 Å². The molecule has 148 valence electrons. The van der Waals surface area contributed by atoms with Crippen LogP contribution in [0.3, 0.4) is 0 Å². The first kappa shape index (κ1) is 19.8. The summed E-state index contributed by atoms with van der Waals surface area (Å²) in [5, 5.41) is 1.44. The number of rotatable bonds is 3. The minimum absolute atomic E-state index is 0.00705. The number of ketones is 2. The van der Waals surface area contributed by atoms with E-state index < -0.39 is 0 Å². The number of Topliss-reactive ketones (excluding diaryl/α,β-unsaturated/α-hetero) is 2. The van der Waals surface area contributed by atoms with Crippen molar-refractivity contribution in [3.63, 3.8) is 0 Å². The standard InChI is InChI=1S/C23H20ClNO3S/c1-13-22(14(2)26)29-23(25(13)17-8-6-16(24)7-9-17)19-11-5-15-4-10-18(28-3)12-20(15)21(19)27/h4,6-10,12H,5,11H2,1-3H3. The second-order valence-corrected chi connectivity index (χ2v) is 8.46. The lowest BCUT2D eigenvalue weighted by Crippen LogP contribution is -2.22. The molecule has 4 nitrogen and oxygen atoms in total. The van der Waals surface area contributed by atoms with Crippen molar-refractivity contribution in [3.05, 3.63) is 79.8 Å². The van der Waals surface area contributed by atoms with Gasteiger partial charge >= 0.3 is 0 Å². The zero-order chi connectivity index (χ0) is 20.7. The molecule has 2 aromatic rings. The fourth-order valence-electron chi connectivity index (χ4n) is 3.75. The second kappa shape index (κ2) is 7.73. The summed E-state index contributed by atoms with van der Waals surface area (Å²) in [6.07, 6.45) is 1.40. The van der Waals surface area contributed by atoms with Crippen molar-refractivity contribution in [1.29, 1.82) is 0 Å². The average Bonchev–Trinajstić information content (AvgIpc) is 3.06. The number of aryl methyl sites for hydroxylation is 1. The van der Waals surface area contributed by atoms with Crippen molar-refractivity contribution in [2.45, 2.75) is 26.7 Å². The zero-order valence-corrected chi connectivity index (χ0v) is 18.0. The molecular formula is C23H20ClNO3S. The Morgan fingerprint density at radius 1 is 1.14 bits per heavy atom. The molecular weight excluding hydrogens is 406 g/mol. The first-order valence-electron chi connectivity index (χ1n) is 9.31. The highest BCUT2D eigenvalue weighted by atomic mass is 35.5. The lowest BCUT2D eigenvalue weighted by Gasteiger charge is -2.26. The smallest absolute Gasteiger partial charge is 0.192 e. The highest BCUT2D eigenvalue weighted by molar-refractivity contribution is 8.08. The first-order valence-corrected chi connectivity index (χ1v) is 10.5. The number of hydrogen-bond acceptors (Lipinski definition) is 5. The lowest BCUT2D eigenvalue weighted by atomic mass is 9.87. The third-order valence-corrected chi connectivity index (χ3v) is 6.87. The van der Waals surface area contributed by atoms with Gasteiger partial charge in [-0.2, -0.15) is 0 Å². The number of thioether (sulfide) groups is 1. The molecule has 6 heteroatoms. The molecule has 29 heavy (non-hydrogen) atoms. The summed E-state index contributed by atoms with van der Waals surface area (Å²) in [6.45, 7) is 3.47. The van der Waals surface area contributed by atoms with Crippen LogP contribution in [0.25, 0.3) is 0 Å². The van der Waals surface area contributed by atoms with Crippen LogP contribution in [0.4, 0.5) is 5.69 Å². The number of halogens is 1. The number of methoxy groups -OCH3 is 1. The van der Waals surface area contributed by atoms with Gasteiger partial charge in [-0.1, -0.05) is 29.4 Å². The summed E-state index contributed by atoms with van der Waals surface area (Å²) in [6, 6.07) is 13.1. The SMILES string of the molecule is COc1ccc2c(c1)C(=O)C(=C1SC(C(C)=O)=C(C)N1c1ccc(Cl)cc1)CC2. The normalized spacial score (nSPS) is 18.9. The second-order valence-electron chi connectivity index (χ2n) is 7.02.